The molecule has 4 amide bonds. The predicted octanol–water partition coefficient (Wildman–Crippen LogP) is 2.62. The van der Waals surface area contributed by atoms with Gasteiger partial charge in [-0.05, 0) is 50.1 Å². The zero-order valence-corrected chi connectivity index (χ0v) is 19.2. The summed E-state index contributed by atoms with van der Waals surface area (Å²) in [7, 11) is 1.58. The van der Waals surface area contributed by atoms with Crippen LogP contribution in [0.3, 0.4) is 0 Å². The Bertz CT molecular complexity index is 1000. The normalized spacial score (nSPS) is 13.5. The minimum Gasteiger partial charge on any atom is -0.497 e. The highest BCUT2D eigenvalue weighted by Gasteiger charge is 2.35. The Morgan fingerprint density at radius 2 is 1.64 bits per heavy atom. The van der Waals surface area contributed by atoms with Crippen molar-refractivity contribution in [3.63, 3.8) is 0 Å². The molecule has 33 heavy (non-hydrogen) atoms. The van der Waals surface area contributed by atoms with Gasteiger partial charge in [-0.3, -0.25) is 24.1 Å². The van der Waals surface area contributed by atoms with E-state index in [1.807, 2.05) is 19.1 Å². The molecule has 0 bridgehead atoms. The van der Waals surface area contributed by atoms with Gasteiger partial charge in [0.15, 0.2) is 0 Å². The number of benzene rings is 2. The molecule has 0 saturated carbocycles. The molecule has 0 aliphatic carbocycles. The summed E-state index contributed by atoms with van der Waals surface area (Å²) >= 11 is 0. The van der Waals surface area contributed by atoms with Gasteiger partial charge in [0.1, 0.15) is 11.8 Å². The van der Waals surface area contributed by atoms with Gasteiger partial charge in [-0.2, -0.15) is 0 Å². The third kappa shape index (κ3) is 5.39. The number of ether oxygens (including phenoxy) is 1. The Kier molecular flexibility index (Phi) is 7.82. The fourth-order valence-corrected chi connectivity index (χ4v) is 3.81. The van der Waals surface area contributed by atoms with Crippen molar-refractivity contribution >= 4 is 23.6 Å². The number of hydrogen-bond donors (Lipinski definition) is 1. The molecule has 8 heteroatoms. The maximum absolute atomic E-state index is 13.1. The largest absolute Gasteiger partial charge is 0.497 e. The number of likely N-dealkylation sites (N-methyl/N-ethyl adjacent to an activating group) is 1. The lowest BCUT2D eigenvalue weighted by Gasteiger charge is -2.29. The van der Waals surface area contributed by atoms with Crippen LogP contribution in [0.5, 0.6) is 5.75 Å². The van der Waals surface area contributed by atoms with Crippen LogP contribution in [0.1, 0.15) is 53.0 Å². The van der Waals surface area contributed by atoms with Crippen LogP contribution >= 0.6 is 0 Å². The molecule has 0 radical (unpaired) electrons. The van der Waals surface area contributed by atoms with Crippen LogP contribution in [0, 0.1) is 0 Å². The minimum atomic E-state index is -0.668. The summed E-state index contributed by atoms with van der Waals surface area (Å²) in [5, 5.41) is 2.76. The lowest BCUT2D eigenvalue weighted by atomic mass is 10.1. The number of imide groups is 1. The molecule has 1 atom stereocenters. The Hall–Kier alpha value is -3.68. The van der Waals surface area contributed by atoms with Crippen molar-refractivity contribution in [3.05, 3.63) is 65.2 Å². The predicted molar refractivity (Wildman–Crippen MR) is 123 cm³/mol. The summed E-state index contributed by atoms with van der Waals surface area (Å²) in [5.74, 6) is -0.433. The average Bonchev–Trinajstić information content (AvgIpc) is 3.07. The molecule has 1 heterocycles. The molecular weight excluding hydrogens is 422 g/mol. The number of nitrogens with zero attached hydrogens (tertiary/aromatic N) is 2. The van der Waals surface area contributed by atoms with Crippen molar-refractivity contribution in [1.29, 1.82) is 0 Å². The second-order valence-corrected chi connectivity index (χ2v) is 7.85. The number of nitrogens with one attached hydrogen (secondary N) is 1. The molecule has 8 nitrogen and oxygen atoms in total. The zero-order valence-electron chi connectivity index (χ0n) is 19.2. The molecule has 2 aromatic rings. The summed E-state index contributed by atoms with van der Waals surface area (Å²) in [6, 6.07) is 13.3. The van der Waals surface area contributed by atoms with E-state index in [1.54, 1.807) is 50.4 Å². The molecule has 1 N–H and O–H groups in total. The molecule has 0 spiro atoms. The first-order valence-electron chi connectivity index (χ1n) is 11.0. The van der Waals surface area contributed by atoms with Gasteiger partial charge in [-0.25, -0.2) is 0 Å². The number of fused-ring (bicyclic) bond motifs is 1. The van der Waals surface area contributed by atoms with E-state index >= 15 is 0 Å². The van der Waals surface area contributed by atoms with Gasteiger partial charge >= 0.3 is 0 Å². The highest BCUT2D eigenvalue weighted by atomic mass is 16.5. The molecule has 1 aliphatic rings. The van der Waals surface area contributed by atoms with Crippen molar-refractivity contribution in [1.82, 2.24) is 15.1 Å². The van der Waals surface area contributed by atoms with Crippen LogP contribution in [0.2, 0.25) is 0 Å². The second kappa shape index (κ2) is 10.8. The third-order valence-electron chi connectivity index (χ3n) is 5.68. The molecule has 0 aromatic heterocycles. The maximum Gasteiger partial charge on any atom is 0.261 e. The Morgan fingerprint density at radius 3 is 2.18 bits per heavy atom. The van der Waals surface area contributed by atoms with Gasteiger partial charge in [-0.1, -0.05) is 24.3 Å². The van der Waals surface area contributed by atoms with E-state index in [-0.39, 0.29) is 43.1 Å². The smallest absolute Gasteiger partial charge is 0.261 e. The molecule has 2 aromatic carbocycles. The van der Waals surface area contributed by atoms with E-state index in [2.05, 4.69) is 5.32 Å². The van der Waals surface area contributed by atoms with E-state index in [1.165, 1.54) is 9.80 Å². The Balaban J connectivity index is 1.66. The van der Waals surface area contributed by atoms with Crippen LogP contribution < -0.4 is 10.1 Å². The highest BCUT2D eigenvalue weighted by molar-refractivity contribution is 6.21. The fraction of sp³-hybridized carbons (Fsp3) is 0.360. The van der Waals surface area contributed by atoms with Gasteiger partial charge in [0.05, 0.1) is 18.2 Å². The second-order valence-electron chi connectivity index (χ2n) is 7.85. The molecule has 174 valence electrons. The minimum absolute atomic E-state index is 0.104. The van der Waals surface area contributed by atoms with Gasteiger partial charge in [0, 0.05) is 26.1 Å². The SMILES string of the molecule is CCNC(=O)[C@H](C)N(Cc1ccc(OC)cc1)C(=O)CCCN1C(=O)c2ccccc2C1=O. The van der Waals surface area contributed by atoms with Gasteiger partial charge in [-0.15, -0.1) is 0 Å². The monoisotopic (exact) mass is 451 g/mol. The number of amides is 4. The van der Waals surface area contributed by atoms with Crippen molar-refractivity contribution in [3.8, 4) is 5.75 Å². The van der Waals surface area contributed by atoms with Crippen LogP contribution in [0.15, 0.2) is 48.5 Å². The quantitative estimate of drug-likeness (QED) is 0.560. The number of carbonyl (C=O) groups excluding carboxylic acids is 4. The first-order valence-corrected chi connectivity index (χ1v) is 11.0. The zero-order chi connectivity index (χ0) is 24.0. The number of rotatable bonds is 10. The number of hydrogen-bond acceptors (Lipinski definition) is 5. The summed E-state index contributed by atoms with van der Waals surface area (Å²) in [6.07, 6.45) is 0.416. The lowest BCUT2D eigenvalue weighted by Crippen LogP contribution is -2.47. The molecule has 0 saturated heterocycles. The van der Waals surface area contributed by atoms with Crippen molar-refractivity contribution in [2.45, 2.75) is 39.3 Å². The van der Waals surface area contributed by atoms with E-state index in [9.17, 15) is 19.2 Å². The molecule has 0 fully saturated rings. The summed E-state index contributed by atoms with van der Waals surface area (Å²) in [5.41, 5.74) is 1.64. The van der Waals surface area contributed by atoms with Crippen LogP contribution in [-0.2, 0) is 16.1 Å². The third-order valence-corrected chi connectivity index (χ3v) is 5.68. The van der Waals surface area contributed by atoms with Crippen LogP contribution in [0.4, 0.5) is 0 Å². The van der Waals surface area contributed by atoms with Crippen LogP contribution in [-0.4, -0.2) is 59.7 Å². The molecule has 0 unspecified atom stereocenters. The first kappa shape index (κ1) is 24.0. The van der Waals surface area contributed by atoms with E-state index in [0.717, 1.165) is 5.56 Å². The average molecular weight is 452 g/mol. The van der Waals surface area contributed by atoms with Crippen molar-refractivity contribution in [2.75, 3.05) is 20.2 Å². The molecule has 3 rings (SSSR count). The van der Waals surface area contributed by atoms with Crippen molar-refractivity contribution in [2.24, 2.45) is 0 Å². The number of methoxy groups -OCH3 is 1. The Labute approximate surface area is 193 Å². The van der Waals surface area contributed by atoms with Gasteiger partial charge in [0.25, 0.3) is 11.8 Å². The van der Waals surface area contributed by atoms with Gasteiger partial charge in [0.2, 0.25) is 11.8 Å². The first-order chi connectivity index (χ1) is 15.9. The van der Waals surface area contributed by atoms with E-state index in [4.69, 9.17) is 4.74 Å². The molecular formula is C25H29N3O5. The highest BCUT2D eigenvalue weighted by Crippen LogP contribution is 2.23. The van der Waals surface area contributed by atoms with Crippen molar-refractivity contribution < 1.29 is 23.9 Å². The van der Waals surface area contributed by atoms with Crippen LogP contribution in [0.25, 0.3) is 0 Å². The van der Waals surface area contributed by atoms with E-state index < -0.39 is 6.04 Å². The number of carbonyl (C=O) groups is 4. The van der Waals surface area contributed by atoms with Gasteiger partial charge < -0.3 is 15.0 Å². The lowest BCUT2D eigenvalue weighted by molar-refractivity contribution is -0.140. The summed E-state index contributed by atoms with van der Waals surface area (Å²) < 4.78 is 5.18. The van der Waals surface area contributed by atoms with E-state index in [0.29, 0.717) is 29.8 Å². The molecule has 1 aliphatic heterocycles. The fourth-order valence-electron chi connectivity index (χ4n) is 3.81. The topological polar surface area (TPSA) is 96.0 Å². The maximum atomic E-state index is 13.1. The Morgan fingerprint density at radius 1 is 1.03 bits per heavy atom. The standard InChI is InChI=1S/C25H29N3O5/c1-4-26-23(30)17(2)28(16-18-11-13-19(33-3)14-12-18)22(29)10-7-15-27-24(31)20-8-5-6-9-21(20)25(27)32/h5-6,8-9,11-14,17H,4,7,10,15-16H2,1-3H3,(H,26,30)/t17-/m0/s1. The summed E-state index contributed by atoms with van der Waals surface area (Å²) in [6.45, 7) is 4.38. The summed E-state index contributed by atoms with van der Waals surface area (Å²) in [4.78, 5) is 53.3.